The zero-order valence-corrected chi connectivity index (χ0v) is 12.3. The van der Waals surface area contributed by atoms with Crippen LogP contribution in [0.1, 0.15) is 31.9 Å². The molecule has 0 aliphatic heterocycles. The molecule has 0 fully saturated rings. The van der Waals surface area contributed by atoms with Gasteiger partial charge in [-0.15, -0.1) is 0 Å². The highest BCUT2D eigenvalue weighted by Crippen LogP contribution is 2.33. The van der Waals surface area contributed by atoms with E-state index in [4.69, 9.17) is 4.42 Å². The second kappa shape index (κ2) is 5.92. The van der Waals surface area contributed by atoms with E-state index >= 15 is 0 Å². The van der Waals surface area contributed by atoms with Crippen LogP contribution < -0.4 is 0 Å². The van der Waals surface area contributed by atoms with Crippen LogP contribution in [-0.2, 0) is 0 Å². The minimum atomic E-state index is 0.441. The summed E-state index contributed by atoms with van der Waals surface area (Å²) >= 11 is 0. The highest BCUT2D eigenvalue weighted by atomic mass is 16.3. The first-order chi connectivity index (χ1) is 10.3. The van der Waals surface area contributed by atoms with Crippen molar-refractivity contribution in [2.24, 2.45) is 0 Å². The van der Waals surface area contributed by atoms with E-state index in [1.165, 1.54) is 6.39 Å². The van der Waals surface area contributed by atoms with Crippen LogP contribution in [0.3, 0.4) is 0 Å². The lowest BCUT2D eigenvalue weighted by Gasteiger charge is -2.13. The van der Waals surface area contributed by atoms with Gasteiger partial charge in [-0.05, 0) is 29.5 Å². The van der Waals surface area contributed by atoms with Crippen molar-refractivity contribution in [1.82, 2.24) is 9.97 Å². The molecule has 2 heterocycles. The summed E-state index contributed by atoms with van der Waals surface area (Å²) in [7, 11) is 0. The molecule has 1 unspecified atom stereocenters. The monoisotopic (exact) mass is 278 g/mol. The lowest BCUT2D eigenvalue weighted by atomic mass is 9.95. The molecule has 3 nitrogen and oxygen atoms in total. The third kappa shape index (κ3) is 2.72. The van der Waals surface area contributed by atoms with Crippen molar-refractivity contribution < 1.29 is 4.42 Å². The Bertz CT molecular complexity index is 705. The minimum absolute atomic E-state index is 0.441. The Morgan fingerprint density at radius 1 is 1.10 bits per heavy atom. The van der Waals surface area contributed by atoms with E-state index < -0.39 is 0 Å². The molecule has 0 aliphatic rings. The van der Waals surface area contributed by atoms with Gasteiger partial charge in [-0.2, -0.15) is 0 Å². The van der Waals surface area contributed by atoms with Crippen LogP contribution >= 0.6 is 0 Å². The first kappa shape index (κ1) is 13.6. The number of hydrogen-bond acceptors (Lipinski definition) is 3. The highest BCUT2D eigenvalue weighted by molar-refractivity contribution is 5.80. The van der Waals surface area contributed by atoms with Gasteiger partial charge in [-0.3, -0.25) is 4.98 Å². The molecule has 2 aromatic heterocycles. The number of nitrogens with zero attached hydrogens (tertiary/aromatic N) is 2. The summed E-state index contributed by atoms with van der Waals surface area (Å²) in [4.78, 5) is 8.62. The van der Waals surface area contributed by atoms with E-state index in [2.05, 4.69) is 42.0 Å². The lowest BCUT2D eigenvalue weighted by molar-refractivity contribution is 0.571. The molecule has 0 saturated heterocycles. The van der Waals surface area contributed by atoms with Crippen molar-refractivity contribution >= 4 is 0 Å². The molecule has 3 heteroatoms. The fraction of sp³-hybridized carbons (Fsp3) is 0.222. The van der Waals surface area contributed by atoms with E-state index in [-0.39, 0.29) is 0 Å². The summed E-state index contributed by atoms with van der Waals surface area (Å²) in [5.74, 6) is 1.19. The van der Waals surface area contributed by atoms with Crippen molar-refractivity contribution in [2.45, 2.75) is 26.2 Å². The smallest absolute Gasteiger partial charge is 0.181 e. The largest absolute Gasteiger partial charge is 0.443 e. The topological polar surface area (TPSA) is 38.9 Å². The van der Waals surface area contributed by atoms with Gasteiger partial charge in [0.05, 0.1) is 6.20 Å². The van der Waals surface area contributed by atoms with Crippen molar-refractivity contribution in [1.29, 1.82) is 0 Å². The van der Waals surface area contributed by atoms with Gasteiger partial charge in [0.2, 0.25) is 0 Å². The number of oxazole rings is 1. The predicted molar refractivity (Wildman–Crippen MR) is 83.9 cm³/mol. The van der Waals surface area contributed by atoms with E-state index in [1.807, 2.05) is 24.4 Å². The number of aromatic nitrogens is 2. The second-order valence-electron chi connectivity index (χ2n) is 5.20. The maximum Gasteiger partial charge on any atom is 0.181 e. The van der Waals surface area contributed by atoms with Crippen LogP contribution in [0.2, 0.25) is 0 Å². The fourth-order valence-corrected chi connectivity index (χ4v) is 2.35. The Morgan fingerprint density at radius 3 is 2.57 bits per heavy atom. The summed E-state index contributed by atoms with van der Waals surface area (Å²) in [5, 5.41) is 0. The van der Waals surface area contributed by atoms with Crippen LogP contribution in [0.25, 0.3) is 22.5 Å². The Hall–Kier alpha value is -2.42. The third-order valence-corrected chi connectivity index (χ3v) is 3.82. The van der Waals surface area contributed by atoms with Crippen molar-refractivity contribution in [3.05, 3.63) is 60.9 Å². The molecule has 0 bridgehead atoms. The van der Waals surface area contributed by atoms with Gasteiger partial charge in [0.1, 0.15) is 0 Å². The number of pyridine rings is 1. The van der Waals surface area contributed by atoms with Crippen molar-refractivity contribution in [2.75, 3.05) is 0 Å². The van der Waals surface area contributed by atoms with Gasteiger partial charge < -0.3 is 4.42 Å². The molecule has 0 spiro atoms. The summed E-state index contributed by atoms with van der Waals surface area (Å²) in [6.07, 6.45) is 6.15. The summed E-state index contributed by atoms with van der Waals surface area (Å²) in [6.45, 7) is 4.38. The Balaban J connectivity index is 2.17. The van der Waals surface area contributed by atoms with E-state index in [9.17, 15) is 0 Å². The molecule has 0 amide bonds. The first-order valence-corrected chi connectivity index (χ1v) is 7.23. The molecule has 0 aliphatic carbocycles. The lowest BCUT2D eigenvalue weighted by Crippen LogP contribution is -1.97. The molecule has 0 N–H and O–H groups in total. The van der Waals surface area contributed by atoms with E-state index in [0.717, 1.165) is 34.6 Å². The minimum Gasteiger partial charge on any atom is -0.443 e. The Kier molecular flexibility index (Phi) is 3.82. The molecule has 3 aromatic rings. The molecule has 21 heavy (non-hydrogen) atoms. The van der Waals surface area contributed by atoms with Crippen molar-refractivity contribution in [3.63, 3.8) is 0 Å². The van der Waals surface area contributed by atoms with Gasteiger partial charge >= 0.3 is 0 Å². The quantitative estimate of drug-likeness (QED) is 0.680. The van der Waals surface area contributed by atoms with Gasteiger partial charge in [0, 0.05) is 17.5 Å². The molecule has 1 atom stereocenters. The SMILES string of the molecule is CCC(C)c1cc(-c2ccccc2)c(-c2cnco2)cn1. The molecule has 3 rings (SSSR count). The summed E-state index contributed by atoms with van der Waals surface area (Å²) < 4.78 is 5.46. The molecular formula is C18H18N2O. The number of rotatable bonds is 4. The molecular weight excluding hydrogens is 260 g/mol. The molecule has 0 radical (unpaired) electrons. The molecule has 106 valence electrons. The maximum absolute atomic E-state index is 5.46. The zero-order chi connectivity index (χ0) is 14.7. The van der Waals surface area contributed by atoms with Crippen molar-refractivity contribution in [3.8, 4) is 22.5 Å². The summed E-state index contributed by atoms with van der Waals surface area (Å²) in [5.41, 5.74) is 4.39. The number of benzene rings is 1. The maximum atomic E-state index is 5.46. The summed E-state index contributed by atoms with van der Waals surface area (Å²) in [6, 6.07) is 12.5. The van der Waals surface area contributed by atoms with Gasteiger partial charge in [-0.25, -0.2) is 4.98 Å². The van der Waals surface area contributed by atoms with Crippen LogP contribution in [0.15, 0.2) is 59.6 Å². The average molecular weight is 278 g/mol. The van der Waals surface area contributed by atoms with Crippen LogP contribution in [0, 0.1) is 0 Å². The van der Waals surface area contributed by atoms with Gasteiger partial charge in [-0.1, -0.05) is 44.2 Å². The zero-order valence-electron chi connectivity index (χ0n) is 12.3. The van der Waals surface area contributed by atoms with Crippen LogP contribution in [0.5, 0.6) is 0 Å². The van der Waals surface area contributed by atoms with Crippen LogP contribution in [-0.4, -0.2) is 9.97 Å². The molecule has 0 saturated carbocycles. The Labute approximate surface area is 124 Å². The predicted octanol–water partition coefficient (Wildman–Crippen LogP) is 4.92. The third-order valence-electron chi connectivity index (χ3n) is 3.82. The van der Waals surface area contributed by atoms with E-state index in [0.29, 0.717) is 5.92 Å². The standard InChI is InChI=1S/C18H18N2O/c1-3-13(2)17-9-15(14-7-5-4-6-8-14)16(10-20-17)18-11-19-12-21-18/h4-13H,3H2,1-2H3. The fourth-order valence-electron chi connectivity index (χ4n) is 2.35. The van der Waals surface area contributed by atoms with E-state index in [1.54, 1.807) is 6.20 Å². The van der Waals surface area contributed by atoms with Gasteiger partial charge in [0.15, 0.2) is 12.2 Å². The molecule has 1 aromatic carbocycles. The average Bonchev–Trinajstić information content (AvgIpc) is 3.08. The Morgan fingerprint density at radius 2 is 1.90 bits per heavy atom. The van der Waals surface area contributed by atoms with Gasteiger partial charge in [0.25, 0.3) is 0 Å². The number of hydrogen-bond donors (Lipinski definition) is 0. The first-order valence-electron chi connectivity index (χ1n) is 7.23. The highest BCUT2D eigenvalue weighted by Gasteiger charge is 2.14. The second-order valence-corrected chi connectivity index (χ2v) is 5.20. The van der Waals surface area contributed by atoms with Crippen LogP contribution in [0.4, 0.5) is 0 Å². The normalized spacial score (nSPS) is 12.3.